The van der Waals surface area contributed by atoms with E-state index in [2.05, 4.69) is 10.6 Å². The molecule has 0 aliphatic heterocycles. The Morgan fingerprint density at radius 3 is 1.96 bits per heavy atom. The standard InChI is InChI=1S/C18H22N2O3/c1-19-12-17(21)20-18(13-6-4-8-15(10-13)22-2)14-7-5-9-16(11-14)23-3/h4-11,18-19H,12H2,1-3H3,(H,20,21). The van der Waals surface area contributed by atoms with Gasteiger partial charge >= 0.3 is 0 Å². The summed E-state index contributed by atoms with van der Waals surface area (Å²) < 4.78 is 10.6. The molecule has 2 aromatic carbocycles. The molecule has 2 N–H and O–H groups in total. The fourth-order valence-corrected chi connectivity index (χ4v) is 2.37. The third-order valence-corrected chi connectivity index (χ3v) is 3.50. The van der Waals surface area contributed by atoms with Gasteiger partial charge in [0.2, 0.25) is 5.91 Å². The maximum absolute atomic E-state index is 12.1. The van der Waals surface area contributed by atoms with Crippen LogP contribution in [0.2, 0.25) is 0 Å². The van der Waals surface area contributed by atoms with Gasteiger partial charge in [0.05, 0.1) is 26.8 Å². The average molecular weight is 314 g/mol. The molecule has 2 rings (SSSR count). The molecule has 0 heterocycles. The minimum absolute atomic E-state index is 0.0804. The van der Waals surface area contributed by atoms with Crippen molar-refractivity contribution in [2.24, 2.45) is 0 Å². The Kier molecular flexibility index (Phi) is 6.00. The van der Waals surface area contributed by atoms with Gasteiger partial charge in [0.15, 0.2) is 0 Å². The van der Waals surface area contributed by atoms with E-state index < -0.39 is 0 Å². The van der Waals surface area contributed by atoms with Gasteiger partial charge < -0.3 is 20.1 Å². The summed E-state index contributed by atoms with van der Waals surface area (Å²) in [6.07, 6.45) is 0. The molecule has 0 radical (unpaired) electrons. The number of benzene rings is 2. The molecule has 0 bridgehead atoms. The molecule has 23 heavy (non-hydrogen) atoms. The SMILES string of the molecule is CNCC(=O)NC(c1cccc(OC)c1)c1cccc(OC)c1. The van der Waals surface area contributed by atoms with E-state index in [4.69, 9.17) is 9.47 Å². The predicted octanol–water partition coefficient (Wildman–Crippen LogP) is 2.13. The Hall–Kier alpha value is -2.53. The van der Waals surface area contributed by atoms with Gasteiger partial charge in [-0.2, -0.15) is 0 Å². The zero-order chi connectivity index (χ0) is 16.7. The highest BCUT2D eigenvalue weighted by Gasteiger charge is 2.17. The Morgan fingerprint density at radius 2 is 1.52 bits per heavy atom. The predicted molar refractivity (Wildman–Crippen MR) is 89.9 cm³/mol. The van der Waals surface area contributed by atoms with E-state index in [0.717, 1.165) is 22.6 Å². The van der Waals surface area contributed by atoms with E-state index in [1.165, 1.54) is 0 Å². The topological polar surface area (TPSA) is 59.6 Å². The Balaban J connectivity index is 2.39. The second-order valence-corrected chi connectivity index (χ2v) is 5.08. The highest BCUT2D eigenvalue weighted by molar-refractivity contribution is 5.79. The lowest BCUT2D eigenvalue weighted by Crippen LogP contribution is -2.35. The van der Waals surface area contributed by atoms with Crippen LogP contribution >= 0.6 is 0 Å². The highest BCUT2D eigenvalue weighted by Crippen LogP contribution is 2.27. The highest BCUT2D eigenvalue weighted by atomic mass is 16.5. The number of rotatable bonds is 7. The van der Waals surface area contributed by atoms with Crippen molar-refractivity contribution in [1.82, 2.24) is 10.6 Å². The number of carbonyl (C=O) groups excluding carboxylic acids is 1. The number of amides is 1. The van der Waals surface area contributed by atoms with Crippen LogP contribution in [0.5, 0.6) is 11.5 Å². The molecule has 2 aromatic rings. The summed E-state index contributed by atoms with van der Waals surface area (Å²) in [6, 6.07) is 15.1. The molecule has 0 unspecified atom stereocenters. The van der Waals surface area contributed by atoms with E-state index in [1.807, 2.05) is 48.5 Å². The molecule has 122 valence electrons. The molecule has 0 aliphatic carbocycles. The van der Waals surface area contributed by atoms with Gasteiger partial charge in [0.25, 0.3) is 0 Å². The van der Waals surface area contributed by atoms with Gasteiger partial charge in [0.1, 0.15) is 11.5 Å². The minimum Gasteiger partial charge on any atom is -0.497 e. The van der Waals surface area contributed by atoms with Crippen molar-refractivity contribution >= 4 is 5.91 Å². The van der Waals surface area contributed by atoms with Crippen LogP contribution in [0.4, 0.5) is 0 Å². The maximum atomic E-state index is 12.1. The van der Waals surface area contributed by atoms with Crippen LogP contribution in [0.1, 0.15) is 17.2 Å². The number of methoxy groups -OCH3 is 2. The number of nitrogens with one attached hydrogen (secondary N) is 2. The third-order valence-electron chi connectivity index (χ3n) is 3.50. The van der Waals surface area contributed by atoms with Gasteiger partial charge in [-0.15, -0.1) is 0 Å². The van der Waals surface area contributed by atoms with E-state index in [1.54, 1.807) is 21.3 Å². The van der Waals surface area contributed by atoms with Crippen molar-refractivity contribution in [3.8, 4) is 11.5 Å². The summed E-state index contributed by atoms with van der Waals surface area (Å²) in [5, 5.41) is 5.90. The molecular weight excluding hydrogens is 292 g/mol. The van der Waals surface area contributed by atoms with E-state index in [-0.39, 0.29) is 18.5 Å². The molecule has 0 fully saturated rings. The maximum Gasteiger partial charge on any atom is 0.234 e. The molecule has 0 aliphatic rings. The zero-order valence-corrected chi connectivity index (χ0v) is 13.6. The number of hydrogen-bond acceptors (Lipinski definition) is 4. The first-order valence-electron chi connectivity index (χ1n) is 7.39. The second kappa shape index (κ2) is 8.19. The first-order chi connectivity index (χ1) is 11.2. The molecular formula is C18H22N2O3. The van der Waals surface area contributed by atoms with Crippen molar-refractivity contribution in [3.05, 3.63) is 59.7 Å². The van der Waals surface area contributed by atoms with E-state index >= 15 is 0 Å². The molecule has 0 saturated heterocycles. The Labute approximate surface area is 136 Å². The van der Waals surface area contributed by atoms with Crippen LogP contribution in [0.3, 0.4) is 0 Å². The molecule has 5 heteroatoms. The first kappa shape index (κ1) is 16.8. The minimum atomic E-state index is -0.277. The Bertz CT molecular complexity index is 611. The summed E-state index contributed by atoms with van der Waals surface area (Å²) >= 11 is 0. The molecule has 0 saturated carbocycles. The van der Waals surface area contributed by atoms with Crippen LogP contribution in [0.15, 0.2) is 48.5 Å². The fraction of sp³-hybridized carbons (Fsp3) is 0.278. The molecule has 0 aromatic heterocycles. The normalized spacial score (nSPS) is 10.4. The summed E-state index contributed by atoms with van der Waals surface area (Å²) in [6.45, 7) is 0.254. The van der Waals surface area contributed by atoms with Crippen LogP contribution in [0.25, 0.3) is 0 Å². The van der Waals surface area contributed by atoms with Gasteiger partial charge in [0, 0.05) is 0 Å². The molecule has 0 atom stereocenters. The van der Waals surface area contributed by atoms with Crippen LogP contribution in [0, 0.1) is 0 Å². The van der Waals surface area contributed by atoms with Crippen molar-refractivity contribution in [1.29, 1.82) is 0 Å². The monoisotopic (exact) mass is 314 g/mol. The van der Waals surface area contributed by atoms with Crippen LogP contribution in [-0.4, -0.2) is 33.7 Å². The quantitative estimate of drug-likeness (QED) is 0.822. The average Bonchev–Trinajstić information content (AvgIpc) is 2.60. The number of ether oxygens (including phenoxy) is 2. The number of likely N-dealkylation sites (N-methyl/N-ethyl adjacent to an activating group) is 1. The van der Waals surface area contributed by atoms with Crippen molar-refractivity contribution in [3.63, 3.8) is 0 Å². The number of carbonyl (C=O) groups is 1. The second-order valence-electron chi connectivity index (χ2n) is 5.08. The Morgan fingerprint density at radius 1 is 1.00 bits per heavy atom. The lowest BCUT2D eigenvalue weighted by molar-refractivity contribution is -0.120. The molecule has 1 amide bonds. The summed E-state index contributed by atoms with van der Waals surface area (Å²) in [4.78, 5) is 12.1. The smallest absolute Gasteiger partial charge is 0.234 e. The van der Waals surface area contributed by atoms with E-state index in [9.17, 15) is 4.79 Å². The van der Waals surface area contributed by atoms with E-state index in [0.29, 0.717) is 0 Å². The van der Waals surface area contributed by atoms with Crippen molar-refractivity contribution in [2.75, 3.05) is 27.8 Å². The van der Waals surface area contributed by atoms with Gasteiger partial charge in [-0.05, 0) is 42.4 Å². The number of hydrogen-bond donors (Lipinski definition) is 2. The molecule has 0 spiro atoms. The van der Waals surface area contributed by atoms with Gasteiger partial charge in [-0.3, -0.25) is 4.79 Å². The summed E-state index contributed by atoms with van der Waals surface area (Å²) in [5.74, 6) is 1.42. The van der Waals surface area contributed by atoms with Crippen LogP contribution < -0.4 is 20.1 Å². The lowest BCUT2D eigenvalue weighted by Gasteiger charge is -2.21. The van der Waals surface area contributed by atoms with Gasteiger partial charge in [-0.1, -0.05) is 24.3 Å². The summed E-state index contributed by atoms with van der Waals surface area (Å²) in [5.41, 5.74) is 1.89. The first-order valence-corrected chi connectivity index (χ1v) is 7.39. The van der Waals surface area contributed by atoms with Crippen molar-refractivity contribution in [2.45, 2.75) is 6.04 Å². The third kappa shape index (κ3) is 4.47. The largest absolute Gasteiger partial charge is 0.497 e. The zero-order valence-electron chi connectivity index (χ0n) is 13.6. The summed E-state index contributed by atoms with van der Waals surface area (Å²) in [7, 11) is 4.99. The lowest BCUT2D eigenvalue weighted by atomic mass is 9.98. The van der Waals surface area contributed by atoms with Crippen LogP contribution in [-0.2, 0) is 4.79 Å². The van der Waals surface area contributed by atoms with Gasteiger partial charge in [-0.25, -0.2) is 0 Å². The fourth-order valence-electron chi connectivity index (χ4n) is 2.37. The molecule has 5 nitrogen and oxygen atoms in total. The van der Waals surface area contributed by atoms with Crippen molar-refractivity contribution < 1.29 is 14.3 Å².